The molecule has 0 aliphatic carbocycles. The smallest absolute Gasteiger partial charge is 0.249 e. The maximum absolute atomic E-state index is 12.8. The summed E-state index contributed by atoms with van der Waals surface area (Å²) in [6.45, 7) is 2.16. The van der Waals surface area contributed by atoms with Crippen molar-refractivity contribution in [2.45, 2.75) is 24.9 Å². The molecule has 1 aliphatic rings. The Kier molecular flexibility index (Phi) is 4.95. The number of hydrogen-bond donors (Lipinski definition) is 2. The van der Waals surface area contributed by atoms with Gasteiger partial charge in [0.15, 0.2) is 0 Å². The molecule has 26 heavy (non-hydrogen) atoms. The molecule has 136 valence electrons. The van der Waals surface area contributed by atoms with Gasteiger partial charge in [0.2, 0.25) is 11.8 Å². The second kappa shape index (κ2) is 7.17. The second-order valence-electron chi connectivity index (χ2n) is 6.54. The third kappa shape index (κ3) is 3.28. The zero-order valence-electron chi connectivity index (χ0n) is 14.9. The molecule has 1 saturated heterocycles. The van der Waals surface area contributed by atoms with Crippen LogP contribution in [0.5, 0.6) is 5.75 Å². The van der Waals surface area contributed by atoms with Gasteiger partial charge in [-0.25, -0.2) is 0 Å². The van der Waals surface area contributed by atoms with Crippen molar-refractivity contribution >= 4 is 17.5 Å². The lowest BCUT2D eigenvalue weighted by molar-refractivity contribution is -0.130. The molecular formula is C20H23N3O3. The minimum Gasteiger partial charge on any atom is -0.495 e. The Labute approximate surface area is 152 Å². The lowest BCUT2D eigenvalue weighted by atomic mass is 9.92. The molecule has 1 fully saturated rings. The number of nitrogens with zero attached hydrogens (tertiary/aromatic N) is 1. The van der Waals surface area contributed by atoms with Crippen LogP contribution in [0.2, 0.25) is 0 Å². The molecule has 0 bridgehead atoms. The minimum atomic E-state index is -1.21. The number of rotatable bonds is 5. The minimum absolute atomic E-state index is 0.160. The van der Waals surface area contributed by atoms with Gasteiger partial charge >= 0.3 is 0 Å². The fourth-order valence-corrected chi connectivity index (χ4v) is 3.13. The standard InChI is InChI=1S/C20H23N3O3/c1-20(21,14-8-4-3-5-9-14)19(25)22-15-12-13-23(18(15)24)16-10-6-7-11-17(16)26-2/h3-11,15H,12-13,21H2,1-2H3,(H,22,25). The number of nitrogens with one attached hydrogen (secondary N) is 1. The molecule has 2 aromatic carbocycles. The maximum atomic E-state index is 12.8. The summed E-state index contributed by atoms with van der Waals surface area (Å²) >= 11 is 0. The highest BCUT2D eigenvalue weighted by Crippen LogP contribution is 2.31. The van der Waals surface area contributed by atoms with Crippen molar-refractivity contribution in [3.63, 3.8) is 0 Å². The summed E-state index contributed by atoms with van der Waals surface area (Å²) in [5.74, 6) is 0.0939. The quantitative estimate of drug-likeness (QED) is 0.858. The highest BCUT2D eigenvalue weighted by Gasteiger charge is 2.38. The van der Waals surface area contributed by atoms with Crippen molar-refractivity contribution in [3.8, 4) is 5.75 Å². The predicted octanol–water partition coefficient (Wildman–Crippen LogP) is 1.79. The van der Waals surface area contributed by atoms with Gasteiger partial charge in [0.05, 0.1) is 12.8 Å². The first kappa shape index (κ1) is 17.9. The third-order valence-corrected chi connectivity index (χ3v) is 4.73. The Balaban J connectivity index is 1.74. The van der Waals surface area contributed by atoms with Crippen LogP contribution in [-0.4, -0.2) is 31.5 Å². The number of hydrogen-bond acceptors (Lipinski definition) is 4. The number of anilines is 1. The van der Waals surface area contributed by atoms with Crippen molar-refractivity contribution in [1.29, 1.82) is 0 Å². The number of carbonyl (C=O) groups is 2. The molecule has 6 nitrogen and oxygen atoms in total. The molecule has 6 heteroatoms. The van der Waals surface area contributed by atoms with E-state index in [2.05, 4.69) is 5.32 Å². The van der Waals surface area contributed by atoms with Gasteiger partial charge in [0.1, 0.15) is 17.3 Å². The van der Waals surface area contributed by atoms with Gasteiger partial charge in [0.25, 0.3) is 0 Å². The Morgan fingerprint density at radius 2 is 1.85 bits per heavy atom. The van der Waals surface area contributed by atoms with Crippen LogP contribution >= 0.6 is 0 Å². The van der Waals surface area contributed by atoms with Crippen LogP contribution in [0.1, 0.15) is 18.9 Å². The predicted molar refractivity (Wildman–Crippen MR) is 99.9 cm³/mol. The maximum Gasteiger partial charge on any atom is 0.249 e. The van der Waals surface area contributed by atoms with Crippen LogP contribution in [0, 0.1) is 0 Å². The summed E-state index contributed by atoms with van der Waals surface area (Å²) in [5, 5.41) is 2.81. The molecule has 3 N–H and O–H groups in total. The summed E-state index contributed by atoms with van der Waals surface area (Å²) in [7, 11) is 1.57. The zero-order chi connectivity index (χ0) is 18.7. The first-order valence-corrected chi connectivity index (χ1v) is 8.55. The summed E-state index contributed by atoms with van der Waals surface area (Å²) in [6.07, 6.45) is 0.521. The number of para-hydroxylation sites is 2. The van der Waals surface area contributed by atoms with E-state index < -0.39 is 11.6 Å². The van der Waals surface area contributed by atoms with Gasteiger partial charge in [-0.05, 0) is 31.0 Å². The SMILES string of the molecule is COc1ccccc1N1CCC(NC(=O)C(C)(N)c2ccccc2)C1=O. The van der Waals surface area contributed by atoms with Crippen LogP contribution in [0.15, 0.2) is 54.6 Å². The van der Waals surface area contributed by atoms with Crippen LogP contribution < -0.4 is 20.7 Å². The average Bonchev–Trinajstić information content (AvgIpc) is 3.02. The van der Waals surface area contributed by atoms with E-state index in [1.807, 2.05) is 36.4 Å². The van der Waals surface area contributed by atoms with Gasteiger partial charge in [0, 0.05) is 6.54 Å². The van der Waals surface area contributed by atoms with Gasteiger partial charge < -0.3 is 20.7 Å². The van der Waals surface area contributed by atoms with E-state index in [0.29, 0.717) is 30.0 Å². The summed E-state index contributed by atoms with van der Waals surface area (Å²) in [4.78, 5) is 27.1. The number of benzene rings is 2. The largest absolute Gasteiger partial charge is 0.495 e. The topological polar surface area (TPSA) is 84.7 Å². The molecule has 0 spiro atoms. The highest BCUT2D eigenvalue weighted by molar-refractivity contribution is 6.03. The van der Waals surface area contributed by atoms with E-state index in [1.165, 1.54) is 0 Å². The normalized spacial score (nSPS) is 19.1. The Bertz CT molecular complexity index is 805. The zero-order valence-corrected chi connectivity index (χ0v) is 14.9. The van der Waals surface area contributed by atoms with Crippen LogP contribution in [0.4, 0.5) is 5.69 Å². The third-order valence-electron chi connectivity index (χ3n) is 4.73. The number of ether oxygens (including phenoxy) is 1. The van der Waals surface area contributed by atoms with Gasteiger partial charge in [-0.15, -0.1) is 0 Å². The van der Waals surface area contributed by atoms with Crippen LogP contribution in [0.3, 0.4) is 0 Å². The molecule has 2 aromatic rings. The van der Waals surface area contributed by atoms with Gasteiger partial charge in [-0.2, -0.15) is 0 Å². The molecule has 0 saturated carbocycles. The van der Waals surface area contributed by atoms with Gasteiger partial charge in [-0.1, -0.05) is 42.5 Å². The number of carbonyl (C=O) groups excluding carboxylic acids is 2. The van der Waals surface area contributed by atoms with E-state index in [4.69, 9.17) is 10.5 Å². The Morgan fingerprint density at radius 1 is 1.19 bits per heavy atom. The van der Waals surface area contributed by atoms with Crippen molar-refractivity contribution in [2.75, 3.05) is 18.6 Å². The molecule has 0 aromatic heterocycles. The van der Waals surface area contributed by atoms with Crippen molar-refractivity contribution in [2.24, 2.45) is 5.73 Å². The lowest BCUT2D eigenvalue weighted by Gasteiger charge is -2.26. The van der Waals surface area contributed by atoms with Crippen LogP contribution in [0.25, 0.3) is 0 Å². The Morgan fingerprint density at radius 3 is 2.54 bits per heavy atom. The van der Waals surface area contributed by atoms with Crippen molar-refractivity contribution in [1.82, 2.24) is 5.32 Å². The fraction of sp³-hybridized carbons (Fsp3) is 0.300. The molecule has 3 rings (SSSR count). The molecular weight excluding hydrogens is 330 g/mol. The Hall–Kier alpha value is -2.86. The average molecular weight is 353 g/mol. The van der Waals surface area contributed by atoms with Gasteiger partial charge in [-0.3, -0.25) is 9.59 Å². The summed E-state index contributed by atoms with van der Waals surface area (Å²) in [6, 6.07) is 15.9. The number of methoxy groups -OCH3 is 1. The molecule has 2 unspecified atom stereocenters. The first-order chi connectivity index (χ1) is 12.4. The lowest BCUT2D eigenvalue weighted by Crippen LogP contribution is -2.53. The van der Waals surface area contributed by atoms with E-state index >= 15 is 0 Å². The summed E-state index contributed by atoms with van der Waals surface area (Å²) < 4.78 is 5.33. The number of nitrogens with two attached hydrogens (primary N) is 1. The molecule has 0 radical (unpaired) electrons. The molecule has 2 atom stereocenters. The molecule has 1 heterocycles. The van der Waals surface area contributed by atoms with E-state index in [9.17, 15) is 9.59 Å². The van der Waals surface area contributed by atoms with Crippen LogP contribution in [-0.2, 0) is 15.1 Å². The summed E-state index contributed by atoms with van der Waals surface area (Å²) in [5.41, 5.74) is 6.43. The highest BCUT2D eigenvalue weighted by atomic mass is 16.5. The molecule has 2 amide bonds. The number of amides is 2. The molecule has 1 aliphatic heterocycles. The monoisotopic (exact) mass is 353 g/mol. The van der Waals surface area contributed by atoms with E-state index in [1.54, 1.807) is 37.1 Å². The second-order valence-corrected chi connectivity index (χ2v) is 6.54. The van der Waals surface area contributed by atoms with Crippen molar-refractivity contribution in [3.05, 3.63) is 60.2 Å². The van der Waals surface area contributed by atoms with E-state index in [0.717, 1.165) is 0 Å². The van der Waals surface area contributed by atoms with E-state index in [-0.39, 0.29) is 11.8 Å². The first-order valence-electron chi connectivity index (χ1n) is 8.55. The van der Waals surface area contributed by atoms with Crippen molar-refractivity contribution < 1.29 is 14.3 Å². The fourth-order valence-electron chi connectivity index (χ4n) is 3.13.